The summed E-state index contributed by atoms with van der Waals surface area (Å²) >= 11 is 0. The summed E-state index contributed by atoms with van der Waals surface area (Å²) in [5, 5.41) is 2.70. The Morgan fingerprint density at radius 2 is 1.82 bits per heavy atom. The fraction of sp³-hybridized carbons (Fsp3) is 0.455. The standard InChI is InChI=1S/C22H28N6O5S/c1-22(2,3)33-21(30)28-11-9-26(10-12-28)16-6-7-18(23-15-16)24-20(29)17-5-4-8-27-13-14-34(31,32)25-19(17)27/h4-8,15H,9-14H2,1-3H3,(H,23,24,29). The average molecular weight is 489 g/mol. The molecule has 1 N–H and O–H groups in total. The third-order valence-corrected chi connectivity index (χ3v) is 6.54. The highest BCUT2D eigenvalue weighted by Gasteiger charge is 2.30. The Hall–Kier alpha value is -3.41. The van der Waals surface area contributed by atoms with Crippen molar-refractivity contribution >= 4 is 39.4 Å². The quantitative estimate of drug-likeness (QED) is 0.680. The van der Waals surface area contributed by atoms with Crippen LogP contribution in [0.5, 0.6) is 0 Å². The Morgan fingerprint density at radius 1 is 1.09 bits per heavy atom. The second kappa shape index (κ2) is 9.09. The minimum atomic E-state index is -3.59. The van der Waals surface area contributed by atoms with Gasteiger partial charge in [-0.15, -0.1) is 4.40 Å². The van der Waals surface area contributed by atoms with Gasteiger partial charge in [-0.1, -0.05) is 0 Å². The maximum atomic E-state index is 12.8. The number of hydrogen-bond donors (Lipinski definition) is 1. The molecule has 0 radical (unpaired) electrons. The molecule has 0 unspecified atom stereocenters. The van der Waals surface area contributed by atoms with Crippen molar-refractivity contribution in [3.63, 3.8) is 0 Å². The molecule has 0 aromatic carbocycles. The van der Waals surface area contributed by atoms with E-state index in [1.54, 1.807) is 34.3 Å². The van der Waals surface area contributed by atoms with E-state index in [0.717, 1.165) is 5.69 Å². The number of hydrogen-bond acceptors (Lipinski definition) is 8. The van der Waals surface area contributed by atoms with Gasteiger partial charge in [0, 0.05) is 38.9 Å². The summed E-state index contributed by atoms with van der Waals surface area (Å²) in [5.41, 5.74) is 0.504. The van der Waals surface area contributed by atoms with Crippen LogP contribution >= 0.6 is 0 Å². The number of piperazine rings is 1. The first-order chi connectivity index (χ1) is 16.0. The van der Waals surface area contributed by atoms with Crippen LogP contribution in [0.4, 0.5) is 16.3 Å². The van der Waals surface area contributed by atoms with E-state index in [4.69, 9.17) is 4.74 Å². The molecule has 1 aromatic heterocycles. The zero-order chi connectivity index (χ0) is 24.5. The van der Waals surface area contributed by atoms with E-state index >= 15 is 0 Å². The van der Waals surface area contributed by atoms with Crippen molar-refractivity contribution in [2.24, 2.45) is 4.40 Å². The van der Waals surface area contributed by atoms with Gasteiger partial charge in [-0.05, 0) is 45.1 Å². The van der Waals surface area contributed by atoms with Gasteiger partial charge in [0.05, 0.1) is 23.2 Å². The number of ether oxygens (including phenoxy) is 1. The highest BCUT2D eigenvalue weighted by molar-refractivity contribution is 7.90. The monoisotopic (exact) mass is 488 g/mol. The van der Waals surface area contributed by atoms with Gasteiger partial charge in [0.15, 0.2) is 5.84 Å². The maximum absolute atomic E-state index is 12.8. The highest BCUT2D eigenvalue weighted by Crippen LogP contribution is 2.21. The van der Waals surface area contributed by atoms with Crippen LogP contribution in [0.15, 0.2) is 46.7 Å². The minimum Gasteiger partial charge on any atom is -0.444 e. The molecule has 2 amide bonds. The Balaban J connectivity index is 1.36. The zero-order valence-electron chi connectivity index (χ0n) is 19.4. The van der Waals surface area contributed by atoms with E-state index < -0.39 is 21.5 Å². The van der Waals surface area contributed by atoms with Gasteiger partial charge in [-0.2, -0.15) is 0 Å². The van der Waals surface area contributed by atoms with Crippen molar-refractivity contribution < 1.29 is 22.7 Å². The molecule has 4 rings (SSSR count). The molecule has 34 heavy (non-hydrogen) atoms. The van der Waals surface area contributed by atoms with Crippen LogP contribution in [-0.4, -0.2) is 85.1 Å². The van der Waals surface area contributed by atoms with Crippen molar-refractivity contribution in [3.05, 3.63) is 42.3 Å². The summed E-state index contributed by atoms with van der Waals surface area (Å²) in [6.45, 7) is 8.12. The summed E-state index contributed by atoms with van der Waals surface area (Å²) in [6, 6.07) is 3.53. The van der Waals surface area contributed by atoms with Crippen molar-refractivity contribution in [1.29, 1.82) is 0 Å². The van der Waals surface area contributed by atoms with E-state index in [-0.39, 0.29) is 29.8 Å². The molecule has 0 saturated carbocycles. The molecule has 3 aliphatic heterocycles. The smallest absolute Gasteiger partial charge is 0.410 e. The third kappa shape index (κ3) is 5.56. The largest absolute Gasteiger partial charge is 0.444 e. The second-order valence-corrected chi connectivity index (χ2v) is 10.9. The van der Waals surface area contributed by atoms with E-state index in [9.17, 15) is 18.0 Å². The first-order valence-electron chi connectivity index (χ1n) is 11.0. The number of amides is 2. The number of carbonyl (C=O) groups is 2. The van der Waals surface area contributed by atoms with E-state index in [1.165, 1.54) is 6.08 Å². The minimum absolute atomic E-state index is 0.0925. The van der Waals surface area contributed by atoms with Crippen LogP contribution in [0.1, 0.15) is 20.8 Å². The number of nitrogens with one attached hydrogen (secondary N) is 1. The predicted octanol–water partition coefficient (Wildman–Crippen LogP) is 1.57. The molecule has 4 heterocycles. The van der Waals surface area contributed by atoms with Crippen molar-refractivity contribution in [2.75, 3.05) is 48.7 Å². The molecule has 1 fully saturated rings. The van der Waals surface area contributed by atoms with Crippen molar-refractivity contribution in [3.8, 4) is 0 Å². The lowest BCUT2D eigenvalue weighted by atomic mass is 10.1. The number of rotatable bonds is 3. The molecule has 3 aliphatic rings. The Kier molecular flexibility index (Phi) is 6.34. The molecule has 11 nitrogen and oxygen atoms in total. The fourth-order valence-electron chi connectivity index (χ4n) is 3.70. The number of pyridine rings is 1. The summed E-state index contributed by atoms with van der Waals surface area (Å²) in [6.07, 6.45) is 6.25. The molecule has 1 aromatic rings. The number of nitrogens with zero attached hydrogens (tertiary/aromatic N) is 5. The molecule has 0 spiro atoms. The third-order valence-electron chi connectivity index (χ3n) is 5.39. The number of anilines is 2. The van der Waals surface area contributed by atoms with Gasteiger partial charge in [0.2, 0.25) is 0 Å². The number of fused-ring (bicyclic) bond motifs is 1. The number of amidine groups is 1. The lowest BCUT2D eigenvalue weighted by molar-refractivity contribution is -0.112. The van der Waals surface area contributed by atoms with E-state index in [1.807, 2.05) is 26.8 Å². The topological polar surface area (TPSA) is 125 Å². The van der Waals surface area contributed by atoms with E-state index in [2.05, 4.69) is 19.6 Å². The SMILES string of the molecule is CC(C)(C)OC(=O)N1CCN(c2ccc(NC(=O)C3=CC=CN4CCS(=O)(=O)N=C34)nc2)CC1. The molecule has 0 atom stereocenters. The summed E-state index contributed by atoms with van der Waals surface area (Å²) < 4.78 is 33.0. The van der Waals surface area contributed by atoms with Gasteiger partial charge < -0.3 is 24.8 Å². The number of carbonyl (C=O) groups excluding carboxylic acids is 2. The molecule has 12 heteroatoms. The Labute approximate surface area is 198 Å². The molecule has 1 saturated heterocycles. The number of allylic oxidation sites excluding steroid dienone is 2. The van der Waals surface area contributed by atoms with Gasteiger partial charge in [0.1, 0.15) is 11.4 Å². The predicted molar refractivity (Wildman–Crippen MR) is 128 cm³/mol. The molecule has 182 valence electrons. The average Bonchev–Trinajstić information content (AvgIpc) is 2.77. The first-order valence-corrected chi connectivity index (χ1v) is 12.6. The normalized spacial score (nSPS) is 19.7. The van der Waals surface area contributed by atoms with Gasteiger partial charge in [-0.25, -0.2) is 18.2 Å². The summed E-state index contributed by atoms with van der Waals surface area (Å²) in [7, 11) is -3.59. The summed E-state index contributed by atoms with van der Waals surface area (Å²) in [4.78, 5) is 34.8. The molecule has 0 aliphatic carbocycles. The fourth-order valence-corrected chi connectivity index (χ4v) is 4.68. The lowest BCUT2D eigenvalue weighted by Crippen LogP contribution is -2.50. The zero-order valence-corrected chi connectivity index (χ0v) is 20.2. The van der Waals surface area contributed by atoms with Crippen LogP contribution < -0.4 is 10.2 Å². The van der Waals surface area contributed by atoms with Crippen LogP contribution in [0.25, 0.3) is 0 Å². The van der Waals surface area contributed by atoms with Gasteiger partial charge in [-0.3, -0.25) is 4.79 Å². The summed E-state index contributed by atoms with van der Waals surface area (Å²) in [5.74, 6) is -0.130. The maximum Gasteiger partial charge on any atom is 0.410 e. The van der Waals surface area contributed by atoms with Crippen molar-refractivity contribution in [2.45, 2.75) is 26.4 Å². The molecular weight excluding hydrogens is 460 g/mol. The van der Waals surface area contributed by atoms with Crippen LogP contribution in [0, 0.1) is 0 Å². The molecule has 0 bridgehead atoms. The number of sulfonamides is 1. The highest BCUT2D eigenvalue weighted by atomic mass is 32.2. The lowest BCUT2D eigenvalue weighted by Gasteiger charge is -2.36. The van der Waals surface area contributed by atoms with Crippen molar-refractivity contribution in [1.82, 2.24) is 14.8 Å². The van der Waals surface area contributed by atoms with Crippen LogP contribution in [0.3, 0.4) is 0 Å². The van der Waals surface area contributed by atoms with Crippen LogP contribution in [-0.2, 0) is 19.6 Å². The second-order valence-electron chi connectivity index (χ2n) is 9.13. The van der Waals surface area contributed by atoms with Gasteiger partial charge >= 0.3 is 6.09 Å². The Morgan fingerprint density at radius 3 is 2.47 bits per heavy atom. The molecular formula is C22H28N6O5S. The van der Waals surface area contributed by atoms with Gasteiger partial charge in [0.25, 0.3) is 15.9 Å². The first kappa shape index (κ1) is 23.7. The Bertz CT molecular complexity index is 1160. The van der Waals surface area contributed by atoms with E-state index in [0.29, 0.717) is 32.0 Å². The van der Waals surface area contributed by atoms with Crippen LogP contribution in [0.2, 0.25) is 0 Å². The number of aromatic nitrogens is 1.